The second-order valence-electron chi connectivity index (χ2n) is 14.7. The minimum atomic E-state index is 0. The lowest BCUT2D eigenvalue weighted by Gasteiger charge is -2.18. The Hall–Kier alpha value is -6.69. The first-order valence-electron chi connectivity index (χ1n) is 20.3. The van der Waals surface area contributed by atoms with E-state index in [2.05, 4.69) is 143 Å². The van der Waals surface area contributed by atoms with Crippen LogP contribution in [0.4, 0.5) is 0 Å². The summed E-state index contributed by atoms with van der Waals surface area (Å²) in [6.45, 7) is 17.9. The molecule has 0 fully saturated rings. The number of rotatable bonds is 13. The first kappa shape index (κ1) is 42.9. The summed E-state index contributed by atoms with van der Waals surface area (Å²) >= 11 is 0. The van der Waals surface area contributed by atoms with Crippen molar-refractivity contribution in [3.63, 3.8) is 0 Å². The van der Waals surface area contributed by atoms with Crippen LogP contribution in [0.25, 0.3) is 74.2 Å². The Labute approximate surface area is 363 Å². The summed E-state index contributed by atoms with van der Waals surface area (Å²) in [6.07, 6.45) is 23.1. The van der Waals surface area contributed by atoms with Crippen molar-refractivity contribution in [2.75, 3.05) is 6.54 Å². The summed E-state index contributed by atoms with van der Waals surface area (Å²) in [7, 11) is 0. The second-order valence-corrected chi connectivity index (χ2v) is 14.7. The maximum absolute atomic E-state index is 5.05. The smallest absolute Gasteiger partial charge is 0.164 e. The largest absolute Gasteiger partial charge is 0.293 e. The molecule has 0 radical (unpaired) electrons. The van der Waals surface area contributed by atoms with Crippen molar-refractivity contribution in [1.82, 2.24) is 15.0 Å². The van der Waals surface area contributed by atoms with Gasteiger partial charge in [0.15, 0.2) is 17.5 Å². The van der Waals surface area contributed by atoms with E-state index in [1.165, 1.54) is 33.4 Å². The molecule has 0 bridgehead atoms. The van der Waals surface area contributed by atoms with Crippen LogP contribution in [0.15, 0.2) is 170 Å². The van der Waals surface area contributed by atoms with Gasteiger partial charge in [0.25, 0.3) is 0 Å². The van der Waals surface area contributed by atoms with Gasteiger partial charge in [-0.15, -0.1) is 0 Å². The van der Waals surface area contributed by atoms with Crippen molar-refractivity contribution in [1.29, 1.82) is 0 Å². The van der Waals surface area contributed by atoms with Crippen LogP contribution in [0.2, 0.25) is 0 Å². The van der Waals surface area contributed by atoms with Gasteiger partial charge in [-0.3, -0.25) is 4.99 Å². The molecule has 0 spiro atoms. The summed E-state index contributed by atoms with van der Waals surface area (Å²) in [4.78, 5) is 19.6. The van der Waals surface area contributed by atoms with Crippen LogP contribution in [0.3, 0.4) is 0 Å². The van der Waals surface area contributed by atoms with E-state index in [1.54, 1.807) is 0 Å². The van der Waals surface area contributed by atoms with Gasteiger partial charge >= 0.3 is 0 Å². The van der Waals surface area contributed by atoms with E-state index in [0.717, 1.165) is 69.5 Å². The zero-order chi connectivity index (χ0) is 41.1. The average Bonchev–Trinajstić information content (AvgIpc) is 3.54. The predicted molar refractivity (Wildman–Crippen MR) is 264 cm³/mol. The molecule has 0 aliphatic heterocycles. The molecule has 0 unspecified atom stereocenters. The van der Waals surface area contributed by atoms with Crippen LogP contribution >= 0.6 is 13.5 Å². The van der Waals surface area contributed by atoms with Gasteiger partial charge in [0.1, 0.15) is 0 Å². The molecule has 1 aliphatic carbocycles. The lowest BCUT2D eigenvalue weighted by Crippen LogP contribution is -2.01. The summed E-state index contributed by atoms with van der Waals surface area (Å²) in [5.41, 5.74) is 16.3. The van der Waals surface area contributed by atoms with Crippen molar-refractivity contribution in [3.8, 4) is 45.3 Å². The molecule has 0 N–H and O–H groups in total. The van der Waals surface area contributed by atoms with Crippen LogP contribution in [0.1, 0.15) is 66.1 Å². The van der Waals surface area contributed by atoms with Gasteiger partial charge in [0.05, 0.1) is 0 Å². The molecule has 0 saturated carbocycles. The quantitative estimate of drug-likeness (QED) is 0.0863. The van der Waals surface area contributed by atoms with Gasteiger partial charge in [-0.05, 0) is 125 Å². The first-order valence-corrected chi connectivity index (χ1v) is 20.3. The molecule has 0 amide bonds. The van der Waals surface area contributed by atoms with Gasteiger partial charge in [-0.25, -0.2) is 15.0 Å². The first-order chi connectivity index (χ1) is 28.9. The van der Waals surface area contributed by atoms with E-state index in [9.17, 15) is 0 Å². The maximum atomic E-state index is 5.05. The van der Waals surface area contributed by atoms with Crippen LogP contribution in [0, 0.1) is 6.92 Å². The van der Waals surface area contributed by atoms with Crippen molar-refractivity contribution in [3.05, 3.63) is 204 Å². The van der Waals surface area contributed by atoms with Crippen molar-refractivity contribution in [2.45, 2.75) is 40.5 Å². The van der Waals surface area contributed by atoms with Crippen LogP contribution in [-0.4, -0.2) is 27.7 Å². The molecule has 1 aromatic heterocycles. The highest BCUT2D eigenvalue weighted by Crippen LogP contribution is 2.36. The fraction of sp³-hybridized carbons (Fsp3) is 0.127. The van der Waals surface area contributed by atoms with E-state index < -0.39 is 0 Å². The number of aliphatic imine (C=N–C) groups is 1. The van der Waals surface area contributed by atoms with E-state index in [0.29, 0.717) is 17.5 Å². The molecule has 7 rings (SSSR count). The van der Waals surface area contributed by atoms with Gasteiger partial charge in [-0.2, -0.15) is 13.5 Å². The van der Waals surface area contributed by atoms with E-state index in [-0.39, 0.29) is 13.5 Å². The summed E-state index contributed by atoms with van der Waals surface area (Å²) < 4.78 is 0. The fourth-order valence-electron chi connectivity index (χ4n) is 7.32. The predicted octanol–water partition coefficient (Wildman–Crippen LogP) is 14.3. The normalized spacial score (nSPS) is 12.7. The fourth-order valence-corrected chi connectivity index (χ4v) is 7.32. The van der Waals surface area contributed by atoms with E-state index in [1.807, 2.05) is 73.0 Å². The number of allylic oxidation sites excluding steroid dienone is 10. The van der Waals surface area contributed by atoms with Crippen molar-refractivity contribution in [2.24, 2.45) is 4.99 Å². The third-order valence-electron chi connectivity index (χ3n) is 10.4. The third-order valence-corrected chi connectivity index (χ3v) is 10.4. The molecule has 298 valence electrons. The summed E-state index contributed by atoms with van der Waals surface area (Å²) in [6, 6.07) is 37.7. The summed E-state index contributed by atoms with van der Waals surface area (Å²) in [5, 5.41) is 0. The Kier molecular flexibility index (Phi) is 14.5. The molecule has 0 saturated heterocycles. The van der Waals surface area contributed by atoms with Crippen molar-refractivity contribution < 1.29 is 0 Å². The number of hydrogen-bond acceptors (Lipinski definition) is 4. The SMILES string of the molecule is C=C/C(=C\C=C(/C)c1cc(C(=C)C=NCCC)cc(-c2nc(-c3ccccc3)nc(-c3ccccc3)n2)c1)c1cccc(-c2cc(C)c(/C=C\C)c3c2CC=CC=C3)c1.S. The van der Waals surface area contributed by atoms with Gasteiger partial charge < -0.3 is 0 Å². The highest BCUT2D eigenvalue weighted by atomic mass is 32.1. The minimum Gasteiger partial charge on any atom is -0.293 e. The number of hydrogen-bond donors (Lipinski definition) is 0. The molecule has 4 nitrogen and oxygen atoms in total. The van der Waals surface area contributed by atoms with Gasteiger partial charge in [0, 0.05) is 29.4 Å². The van der Waals surface area contributed by atoms with E-state index >= 15 is 0 Å². The Morgan fingerprint density at radius 1 is 0.733 bits per heavy atom. The van der Waals surface area contributed by atoms with Gasteiger partial charge in [0.2, 0.25) is 0 Å². The summed E-state index contributed by atoms with van der Waals surface area (Å²) in [5.74, 6) is 1.82. The zero-order valence-electron chi connectivity index (χ0n) is 35.0. The molecule has 0 atom stereocenters. The van der Waals surface area contributed by atoms with E-state index in [4.69, 9.17) is 15.0 Å². The standard InChI is InChI=1S/C55H50N4.H2S/c1-7-20-49-39(5)32-52(51-28-18-12-17-27-50(49)51)45-26-19-25-44(33-45)41(9-3)30-29-38(4)46-34-47(40(6)37-56-31-8-2)36-48(35-46)55-58-53(42-21-13-10-14-22-42)57-54(59-55)43-23-15-11-16-24-43;/h7,9-27,29-30,32-37H,3,6,8,28,31H2,1-2,4-5H3;1H2/b20-7-,38-29+,41-30+,56-37?;. The zero-order valence-corrected chi connectivity index (χ0v) is 36.0. The van der Waals surface area contributed by atoms with Crippen LogP contribution < -0.4 is 0 Å². The van der Waals surface area contributed by atoms with Gasteiger partial charge in [-0.1, -0.05) is 160 Å². The molecule has 60 heavy (non-hydrogen) atoms. The molecular formula is C55H52N4S. The van der Waals surface area contributed by atoms with Crippen molar-refractivity contribution >= 4 is 48.6 Å². The molecule has 6 aromatic rings. The topological polar surface area (TPSA) is 51.0 Å². The molecule has 5 aromatic carbocycles. The maximum Gasteiger partial charge on any atom is 0.164 e. The number of aromatic nitrogens is 3. The number of nitrogens with zero attached hydrogens (tertiary/aromatic N) is 4. The van der Waals surface area contributed by atoms with Crippen LogP contribution in [-0.2, 0) is 6.42 Å². The highest BCUT2D eigenvalue weighted by Gasteiger charge is 2.17. The molecule has 5 heteroatoms. The average molecular weight is 801 g/mol. The lowest BCUT2D eigenvalue weighted by atomic mass is 9.86. The molecular weight excluding hydrogens is 749 g/mol. The number of fused-ring (bicyclic) bond motifs is 1. The Morgan fingerprint density at radius 3 is 2.02 bits per heavy atom. The Bertz CT molecular complexity index is 2640. The molecule has 1 heterocycles. The Morgan fingerprint density at radius 2 is 1.37 bits per heavy atom. The molecule has 1 aliphatic rings. The minimum absolute atomic E-state index is 0. The number of benzene rings is 5. The highest BCUT2D eigenvalue weighted by molar-refractivity contribution is 7.59. The second kappa shape index (κ2) is 20.3. The Balaban J connectivity index is 0.00000604. The lowest BCUT2D eigenvalue weighted by molar-refractivity contribution is 0.938. The monoisotopic (exact) mass is 800 g/mol. The van der Waals surface area contributed by atoms with Crippen LogP contribution in [0.5, 0.6) is 0 Å². The number of aryl methyl sites for hydroxylation is 1. The third kappa shape index (κ3) is 9.94.